The average molecular weight is 270 g/mol. The number of halogens is 1. The van der Waals surface area contributed by atoms with Gasteiger partial charge in [-0.1, -0.05) is 56.5 Å². The van der Waals surface area contributed by atoms with Crippen molar-refractivity contribution in [2.45, 2.75) is 45.1 Å². The fraction of sp³-hybridized carbons (Fsp3) is 0.500. The van der Waals surface area contributed by atoms with Crippen LogP contribution < -0.4 is 5.73 Å². The third-order valence-corrected chi connectivity index (χ3v) is 3.41. The molecule has 2 unspecified atom stereocenters. The summed E-state index contributed by atoms with van der Waals surface area (Å²) >= 11 is 6.16. The van der Waals surface area contributed by atoms with E-state index in [9.17, 15) is 4.79 Å². The summed E-state index contributed by atoms with van der Waals surface area (Å²) < 4.78 is 5.20. The molecule has 0 saturated heterocycles. The number of primary amides is 1. The molecule has 0 aliphatic carbocycles. The summed E-state index contributed by atoms with van der Waals surface area (Å²) in [6.07, 6.45) is 1.89. The predicted octanol–water partition coefficient (Wildman–Crippen LogP) is 4.10. The van der Waals surface area contributed by atoms with Crippen molar-refractivity contribution in [1.29, 1.82) is 0 Å². The van der Waals surface area contributed by atoms with Gasteiger partial charge < -0.3 is 10.5 Å². The molecule has 2 N–H and O–H groups in total. The highest BCUT2D eigenvalue weighted by Gasteiger charge is 2.23. The quantitative estimate of drug-likeness (QED) is 0.845. The van der Waals surface area contributed by atoms with Gasteiger partial charge in [-0.05, 0) is 18.1 Å². The zero-order valence-electron chi connectivity index (χ0n) is 10.9. The molecule has 1 aromatic rings. The first-order chi connectivity index (χ1) is 8.56. The number of carbonyl (C=O) groups excluding carboxylic acids is 1. The van der Waals surface area contributed by atoms with Crippen molar-refractivity contribution in [3.8, 4) is 0 Å². The van der Waals surface area contributed by atoms with E-state index < -0.39 is 6.09 Å². The minimum Gasteiger partial charge on any atom is -0.446 e. The van der Waals surface area contributed by atoms with Crippen LogP contribution in [0, 0.1) is 0 Å². The van der Waals surface area contributed by atoms with E-state index in [0.29, 0.717) is 5.02 Å². The summed E-state index contributed by atoms with van der Waals surface area (Å²) in [7, 11) is 0. The topological polar surface area (TPSA) is 52.3 Å². The fourth-order valence-electron chi connectivity index (χ4n) is 2.01. The molecule has 0 aromatic heterocycles. The van der Waals surface area contributed by atoms with E-state index in [1.54, 1.807) is 0 Å². The van der Waals surface area contributed by atoms with Crippen LogP contribution in [-0.4, -0.2) is 12.2 Å². The van der Waals surface area contributed by atoms with E-state index in [-0.39, 0.29) is 12.0 Å². The van der Waals surface area contributed by atoms with Crippen LogP contribution in [0.25, 0.3) is 0 Å². The van der Waals surface area contributed by atoms with Crippen LogP contribution in [0.3, 0.4) is 0 Å². The van der Waals surface area contributed by atoms with Crippen molar-refractivity contribution in [2.75, 3.05) is 0 Å². The highest BCUT2D eigenvalue weighted by Crippen LogP contribution is 2.30. The Labute approximate surface area is 113 Å². The highest BCUT2D eigenvalue weighted by molar-refractivity contribution is 6.31. The Kier molecular flexibility index (Phi) is 5.99. The van der Waals surface area contributed by atoms with Crippen LogP contribution in [0.2, 0.25) is 5.02 Å². The van der Waals surface area contributed by atoms with Crippen LogP contribution in [0.15, 0.2) is 24.3 Å². The van der Waals surface area contributed by atoms with E-state index in [1.807, 2.05) is 31.2 Å². The lowest BCUT2D eigenvalue weighted by molar-refractivity contribution is 0.0857. The smallest absolute Gasteiger partial charge is 0.404 e. The van der Waals surface area contributed by atoms with Crippen LogP contribution in [-0.2, 0) is 4.74 Å². The van der Waals surface area contributed by atoms with Gasteiger partial charge in [0.15, 0.2) is 0 Å². The van der Waals surface area contributed by atoms with Gasteiger partial charge in [0.05, 0.1) is 0 Å². The molecule has 1 amide bonds. The molecular weight excluding hydrogens is 250 g/mol. The summed E-state index contributed by atoms with van der Waals surface area (Å²) in [5.41, 5.74) is 6.11. The van der Waals surface area contributed by atoms with E-state index >= 15 is 0 Å². The second kappa shape index (κ2) is 7.27. The van der Waals surface area contributed by atoms with Gasteiger partial charge in [0.2, 0.25) is 0 Å². The summed E-state index contributed by atoms with van der Waals surface area (Å²) in [4.78, 5) is 11.0. The molecule has 0 aliphatic heterocycles. The number of ether oxygens (including phenoxy) is 1. The number of amides is 1. The van der Waals surface area contributed by atoms with Gasteiger partial charge in [0, 0.05) is 10.9 Å². The number of nitrogens with two attached hydrogens (primary N) is 1. The first-order valence-corrected chi connectivity index (χ1v) is 6.64. The minimum atomic E-state index is -0.727. The molecule has 3 nitrogen and oxygen atoms in total. The van der Waals surface area contributed by atoms with E-state index in [2.05, 4.69) is 6.92 Å². The molecule has 4 heteroatoms. The van der Waals surface area contributed by atoms with Crippen molar-refractivity contribution < 1.29 is 9.53 Å². The minimum absolute atomic E-state index is 0.0396. The third kappa shape index (κ3) is 4.22. The Morgan fingerprint density at radius 2 is 2.11 bits per heavy atom. The van der Waals surface area contributed by atoms with Gasteiger partial charge in [0.1, 0.15) is 6.10 Å². The van der Waals surface area contributed by atoms with Crippen LogP contribution in [0.5, 0.6) is 0 Å². The van der Waals surface area contributed by atoms with Crippen LogP contribution >= 0.6 is 11.6 Å². The average Bonchev–Trinajstić information content (AvgIpc) is 2.34. The number of unbranched alkanes of at least 4 members (excludes halogenated alkanes) is 1. The monoisotopic (exact) mass is 269 g/mol. The summed E-state index contributed by atoms with van der Waals surface area (Å²) in [5, 5.41) is 0.694. The van der Waals surface area contributed by atoms with E-state index in [0.717, 1.165) is 24.8 Å². The maximum Gasteiger partial charge on any atom is 0.404 e. The van der Waals surface area contributed by atoms with Crippen molar-refractivity contribution in [3.63, 3.8) is 0 Å². The Hall–Kier alpha value is -1.22. The van der Waals surface area contributed by atoms with Crippen molar-refractivity contribution in [1.82, 2.24) is 0 Å². The highest BCUT2D eigenvalue weighted by atomic mass is 35.5. The lowest BCUT2D eigenvalue weighted by atomic mass is 9.92. The van der Waals surface area contributed by atoms with Crippen molar-refractivity contribution in [2.24, 2.45) is 5.73 Å². The molecule has 1 rings (SSSR count). The van der Waals surface area contributed by atoms with Gasteiger partial charge in [-0.3, -0.25) is 0 Å². The largest absolute Gasteiger partial charge is 0.446 e. The first kappa shape index (κ1) is 14.8. The second-order valence-corrected chi connectivity index (χ2v) is 4.83. The van der Waals surface area contributed by atoms with E-state index in [4.69, 9.17) is 22.1 Å². The number of carbonyl (C=O) groups is 1. The van der Waals surface area contributed by atoms with E-state index in [1.165, 1.54) is 0 Å². The van der Waals surface area contributed by atoms with Crippen LogP contribution in [0.4, 0.5) is 4.79 Å². The molecule has 0 spiro atoms. The molecule has 0 fully saturated rings. The molecule has 100 valence electrons. The maximum absolute atomic E-state index is 11.0. The Morgan fingerprint density at radius 1 is 1.44 bits per heavy atom. The van der Waals surface area contributed by atoms with Crippen molar-refractivity contribution >= 4 is 17.7 Å². The maximum atomic E-state index is 11.0. The summed E-state index contributed by atoms with van der Waals surface area (Å²) in [5.74, 6) is 0.0396. The SMILES string of the molecule is CCCCC(OC(N)=O)C(C)c1ccccc1Cl. The van der Waals surface area contributed by atoms with Crippen LogP contribution in [0.1, 0.15) is 44.6 Å². The van der Waals surface area contributed by atoms with Gasteiger partial charge in [-0.2, -0.15) is 0 Å². The normalized spacial score (nSPS) is 13.9. The Balaban J connectivity index is 2.83. The number of benzene rings is 1. The molecule has 0 radical (unpaired) electrons. The molecule has 1 aromatic carbocycles. The van der Waals surface area contributed by atoms with Crippen molar-refractivity contribution in [3.05, 3.63) is 34.9 Å². The number of hydrogen-bond donors (Lipinski definition) is 1. The molecule has 2 atom stereocenters. The fourth-order valence-corrected chi connectivity index (χ4v) is 2.32. The molecule has 0 heterocycles. The van der Waals surface area contributed by atoms with Gasteiger partial charge in [-0.25, -0.2) is 4.79 Å². The Bertz CT molecular complexity index is 395. The lowest BCUT2D eigenvalue weighted by Crippen LogP contribution is -2.27. The standard InChI is InChI=1S/C14H20ClNO2/c1-3-4-9-13(18-14(16)17)10(2)11-7-5-6-8-12(11)15/h5-8,10,13H,3-4,9H2,1-2H3,(H2,16,17). The molecular formula is C14H20ClNO2. The summed E-state index contributed by atoms with van der Waals surface area (Å²) in [6, 6.07) is 7.61. The molecule has 0 bridgehead atoms. The molecule has 18 heavy (non-hydrogen) atoms. The number of rotatable bonds is 6. The van der Waals surface area contributed by atoms with Gasteiger partial charge >= 0.3 is 6.09 Å². The summed E-state index contributed by atoms with van der Waals surface area (Å²) in [6.45, 7) is 4.10. The zero-order valence-corrected chi connectivity index (χ0v) is 11.6. The predicted molar refractivity (Wildman–Crippen MR) is 73.8 cm³/mol. The lowest BCUT2D eigenvalue weighted by Gasteiger charge is -2.24. The zero-order chi connectivity index (χ0) is 13.5. The third-order valence-electron chi connectivity index (χ3n) is 3.06. The molecule has 0 saturated carbocycles. The Morgan fingerprint density at radius 3 is 2.67 bits per heavy atom. The number of hydrogen-bond acceptors (Lipinski definition) is 2. The first-order valence-electron chi connectivity index (χ1n) is 6.26. The second-order valence-electron chi connectivity index (χ2n) is 4.43. The molecule has 0 aliphatic rings. The van der Waals surface area contributed by atoms with Gasteiger partial charge in [-0.15, -0.1) is 0 Å². The van der Waals surface area contributed by atoms with Gasteiger partial charge in [0.25, 0.3) is 0 Å².